The highest BCUT2D eigenvalue weighted by Gasteiger charge is 2.30. The Kier molecular flexibility index (Phi) is 3.97. The zero-order valence-electron chi connectivity index (χ0n) is 10.6. The molecular weight excluding hydrogens is 264 g/mol. The molecule has 0 saturated heterocycles. The summed E-state index contributed by atoms with van der Waals surface area (Å²) in [4.78, 5) is 32.9. The number of rotatable bonds is 4. The van der Waals surface area contributed by atoms with Gasteiger partial charge in [0.2, 0.25) is 0 Å². The molecule has 1 amide bonds. The Morgan fingerprint density at radius 1 is 1.35 bits per heavy atom. The highest BCUT2D eigenvalue weighted by Crippen LogP contribution is 2.26. The number of hydrogen-bond donors (Lipinski definition) is 2. The zero-order chi connectivity index (χ0) is 14.7. The second kappa shape index (κ2) is 5.68. The van der Waals surface area contributed by atoms with Crippen molar-refractivity contribution in [1.82, 2.24) is 5.32 Å². The van der Waals surface area contributed by atoms with E-state index in [0.29, 0.717) is 19.3 Å². The van der Waals surface area contributed by atoms with Gasteiger partial charge in [-0.3, -0.25) is 19.7 Å². The molecule has 2 N–H and O–H groups in total. The molecule has 0 spiro atoms. The Bertz CT molecular complexity index is 557. The predicted molar refractivity (Wildman–Crippen MR) is 69.3 cm³/mol. The van der Waals surface area contributed by atoms with E-state index < -0.39 is 22.7 Å². The minimum Gasteiger partial charge on any atom is -0.481 e. The maximum absolute atomic E-state index is 12.0. The monoisotopic (exact) mass is 278 g/mol. The van der Waals surface area contributed by atoms with Gasteiger partial charge in [-0.15, -0.1) is 0 Å². The smallest absolute Gasteiger partial charge is 0.306 e. The highest BCUT2D eigenvalue weighted by atomic mass is 16.6. The Balaban J connectivity index is 2.00. The van der Waals surface area contributed by atoms with Gasteiger partial charge in [-0.1, -0.05) is 6.07 Å². The number of carbonyl (C=O) groups excluding carboxylic acids is 1. The predicted octanol–water partition coefficient (Wildman–Crippen LogP) is 1.58. The Hall–Kier alpha value is -2.44. The Morgan fingerprint density at radius 3 is 2.70 bits per heavy atom. The molecule has 2 rings (SSSR count). The molecule has 106 valence electrons. The topological polar surface area (TPSA) is 110 Å². The molecule has 0 aliphatic heterocycles. The third kappa shape index (κ3) is 3.11. The van der Waals surface area contributed by atoms with Gasteiger partial charge in [-0.2, -0.15) is 0 Å². The molecule has 7 nitrogen and oxygen atoms in total. The quantitative estimate of drug-likeness (QED) is 0.641. The maximum atomic E-state index is 12.0. The Morgan fingerprint density at radius 2 is 2.10 bits per heavy atom. The van der Waals surface area contributed by atoms with Crippen LogP contribution in [0, 0.1) is 16.0 Å². The van der Waals surface area contributed by atoms with Crippen molar-refractivity contribution in [2.24, 2.45) is 5.92 Å². The number of nitro benzene ring substituents is 1. The third-order valence-corrected chi connectivity index (χ3v) is 3.44. The average molecular weight is 278 g/mol. The third-order valence-electron chi connectivity index (χ3n) is 3.44. The molecule has 1 saturated carbocycles. The van der Waals surface area contributed by atoms with Crippen LogP contribution in [0.2, 0.25) is 0 Å². The van der Waals surface area contributed by atoms with Crippen molar-refractivity contribution in [2.75, 3.05) is 0 Å². The number of aliphatic carboxylic acids is 1. The number of nitro groups is 1. The van der Waals surface area contributed by atoms with Crippen LogP contribution in [0.4, 0.5) is 5.69 Å². The summed E-state index contributed by atoms with van der Waals surface area (Å²) in [5.74, 6) is -1.69. The highest BCUT2D eigenvalue weighted by molar-refractivity contribution is 5.95. The first kappa shape index (κ1) is 14.0. The van der Waals surface area contributed by atoms with Gasteiger partial charge in [-0.25, -0.2) is 0 Å². The fraction of sp³-hybridized carbons (Fsp3) is 0.385. The molecular formula is C13H14N2O5. The molecule has 0 bridgehead atoms. The number of benzene rings is 1. The SMILES string of the molecule is O=C(N[C@@H]1CC[C@H](C(=O)O)C1)c1cccc([N+](=O)[O-])c1. The lowest BCUT2D eigenvalue weighted by atomic mass is 10.1. The van der Waals surface area contributed by atoms with Crippen LogP contribution in [0.1, 0.15) is 29.6 Å². The minimum atomic E-state index is -0.850. The lowest BCUT2D eigenvalue weighted by molar-refractivity contribution is -0.384. The molecule has 0 radical (unpaired) electrons. The van der Waals surface area contributed by atoms with Crippen LogP contribution < -0.4 is 5.32 Å². The number of nitrogens with zero attached hydrogens (tertiary/aromatic N) is 1. The number of non-ortho nitro benzene ring substituents is 1. The molecule has 1 aromatic rings. The first-order valence-corrected chi connectivity index (χ1v) is 6.25. The maximum Gasteiger partial charge on any atom is 0.306 e. The summed E-state index contributed by atoms with van der Waals surface area (Å²) in [7, 11) is 0. The van der Waals surface area contributed by atoms with Crippen molar-refractivity contribution in [1.29, 1.82) is 0 Å². The number of carboxylic acids is 1. The average Bonchev–Trinajstić information content (AvgIpc) is 2.87. The van der Waals surface area contributed by atoms with Gasteiger partial charge in [0.15, 0.2) is 0 Å². The lowest BCUT2D eigenvalue weighted by Crippen LogP contribution is -2.33. The van der Waals surface area contributed by atoms with E-state index in [1.54, 1.807) is 0 Å². The summed E-state index contributed by atoms with van der Waals surface area (Å²) in [6, 6.07) is 5.27. The van der Waals surface area contributed by atoms with Gasteiger partial charge in [0.05, 0.1) is 10.8 Å². The molecule has 1 aliphatic rings. The van der Waals surface area contributed by atoms with E-state index in [2.05, 4.69) is 5.32 Å². The van der Waals surface area contributed by atoms with E-state index in [-0.39, 0.29) is 17.3 Å². The van der Waals surface area contributed by atoms with E-state index >= 15 is 0 Å². The van der Waals surface area contributed by atoms with Crippen molar-refractivity contribution >= 4 is 17.6 Å². The van der Waals surface area contributed by atoms with E-state index in [1.165, 1.54) is 24.3 Å². The second-order valence-electron chi connectivity index (χ2n) is 4.83. The summed E-state index contributed by atoms with van der Waals surface area (Å²) in [6.07, 6.45) is 1.54. The van der Waals surface area contributed by atoms with Gasteiger partial charge in [-0.05, 0) is 25.3 Å². The van der Waals surface area contributed by atoms with Gasteiger partial charge in [0.1, 0.15) is 0 Å². The second-order valence-corrected chi connectivity index (χ2v) is 4.83. The fourth-order valence-electron chi connectivity index (χ4n) is 2.37. The zero-order valence-corrected chi connectivity index (χ0v) is 10.6. The first-order valence-electron chi connectivity index (χ1n) is 6.25. The van der Waals surface area contributed by atoms with E-state index in [4.69, 9.17) is 5.11 Å². The molecule has 1 aliphatic carbocycles. The van der Waals surface area contributed by atoms with E-state index in [1.807, 2.05) is 0 Å². The number of carbonyl (C=O) groups is 2. The summed E-state index contributed by atoms with van der Waals surface area (Å²) < 4.78 is 0. The van der Waals surface area contributed by atoms with Crippen LogP contribution in [-0.2, 0) is 4.79 Å². The number of amides is 1. The number of nitrogens with one attached hydrogen (secondary N) is 1. The van der Waals surface area contributed by atoms with Crippen LogP contribution in [0.5, 0.6) is 0 Å². The normalized spacial score (nSPS) is 21.4. The van der Waals surface area contributed by atoms with Crippen molar-refractivity contribution < 1.29 is 19.6 Å². The van der Waals surface area contributed by atoms with Crippen molar-refractivity contribution in [3.63, 3.8) is 0 Å². The van der Waals surface area contributed by atoms with Gasteiger partial charge >= 0.3 is 5.97 Å². The Labute approximate surface area is 114 Å². The largest absolute Gasteiger partial charge is 0.481 e. The van der Waals surface area contributed by atoms with Gasteiger partial charge < -0.3 is 10.4 Å². The standard InChI is InChI=1S/C13H14N2O5/c16-12(8-2-1-3-11(7-8)15(19)20)14-10-5-4-9(6-10)13(17)18/h1-3,7,9-10H,4-6H2,(H,14,16)(H,17,18)/t9-,10+/m0/s1. The number of carboxylic acid groups (broad SMARTS) is 1. The summed E-state index contributed by atoms with van der Waals surface area (Å²) >= 11 is 0. The van der Waals surface area contributed by atoms with Crippen molar-refractivity contribution in [3.05, 3.63) is 39.9 Å². The van der Waals surface area contributed by atoms with Crippen LogP contribution in [0.3, 0.4) is 0 Å². The van der Waals surface area contributed by atoms with E-state index in [0.717, 1.165) is 0 Å². The van der Waals surface area contributed by atoms with Crippen LogP contribution in [0.25, 0.3) is 0 Å². The van der Waals surface area contributed by atoms with Crippen LogP contribution in [-0.4, -0.2) is 27.9 Å². The number of hydrogen-bond acceptors (Lipinski definition) is 4. The molecule has 0 aromatic heterocycles. The minimum absolute atomic E-state index is 0.146. The van der Waals surface area contributed by atoms with Crippen LogP contribution in [0.15, 0.2) is 24.3 Å². The van der Waals surface area contributed by atoms with Crippen LogP contribution >= 0.6 is 0 Å². The summed E-state index contributed by atoms with van der Waals surface area (Å²) in [6.45, 7) is 0. The molecule has 1 fully saturated rings. The van der Waals surface area contributed by atoms with Crippen molar-refractivity contribution in [3.8, 4) is 0 Å². The van der Waals surface area contributed by atoms with Crippen molar-refractivity contribution in [2.45, 2.75) is 25.3 Å². The molecule has 0 unspecified atom stereocenters. The molecule has 7 heteroatoms. The van der Waals surface area contributed by atoms with Gasteiger partial charge in [0.25, 0.3) is 11.6 Å². The lowest BCUT2D eigenvalue weighted by Gasteiger charge is -2.12. The van der Waals surface area contributed by atoms with Gasteiger partial charge in [0, 0.05) is 23.7 Å². The summed E-state index contributed by atoms with van der Waals surface area (Å²) in [5, 5.41) is 22.3. The fourth-order valence-corrected chi connectivity index (χ4v) is 2.37. The molecule has 2 atom stereocenters. The van der Waals surface area contributed by atoms with E-state index in [9.17, 15) is 19.7 Å². The molecule has 0 heterocycles. The first-order chi connectivity index (χ1) is 9.47. The molecule has 20 heavy (non-hydrogen) atoms. The summed E-state index contributed by atoms with van der Waals surface area (Å²) in [5.41, 5.74) is 0.0606. The molecule has 1 aromatic carbocycles.